The highest BCUT2D eigenvalue weighted by Crippen LogP contribution is 2.35. The number of benzene rings is 2. The van der Waals surface area contributed by atoms with E-state index in [0.717, 1.165) is 41.8 Å². The molecule has 0 aliphatic carbocycles. The first-order valence-electron chi connectivity index (χ1n) is 11.4. The number of carbonyl (C=O) groups excluding carboxylic acids is 2. The fourth-order valence-corrected chi connectivity index (χ4v) is 5.19. The fraction of sp³-hybridized carbons (Fsp3) is 0.346. The number of nitrogens with zero attached hydrogens (tertiary/aromatic N) is 1. The molecule has 0 saturated carbocycles. The van der Waals surface area contributed by atoms with Crippen LogP contribution in [0.15, 0.2) is 41.3 Å². The van der Waals surface area contributed by atoms with E-state index in [4.69, 9.17) is 26.4 Å². The highest BCUT2D eigenvalue weighted by Gasteiger charge is 2.34. The lowest BCUT2D eigenvalue weighted by molar-refractivity contribution is -0.123. The number of carbonyl (C=O) groups is 2. The van der Waals surface area contributed by atoms with E-state index in [0.29, 0.717) is 27.3 Å². The summed E-state index contributed by atoms with van der Waals surface area (Å²) in [6.45, 7) is 5.02. The number of ether oxygens (including phenoxy) is 3. The molecule has 0 radical (unpaired) electrons. The van der Waals surface area contributed by atoms with Gasteiger partial charge in [0.25, 0.3) is 11.8 Å². The molecule has 1 N–H and O–H groups in total. The number of methoxy groups -OCH3 is 1. The second-order valence-corrected chi connectivity index (χ2v) is 10.1. The van der Waals surface area contributed by atoms with Crippen LogP contribution in [0.4, 0.5) is 5.69 Å². The summed E-state index contributed by atoms with van der Waals surface area (Å²) >= 11 is 6.71. The van der Waals surface area contributed by atoms with Crippen LogP contribution in [-0.2, 0) is 14.3 Å². The van der Waals surface area contributed by atoms with Crippen LogP contribution in [0.3, 0.4) is 0 Å². The van der Waals surface area contributed by atoms with E-state index in [1.54, 1.807) is 23.1 Å². The molecule has 0 aromatic heterocycles. The summed E-state index contributed by atoms with van der Waals surface area (Å²) in [4.78, 5) is 27.5. The first kappa shape index (κ1) is 25.2. The third kappa shape index (κ3) is 6.04. The number of rotatable bonds is 8. The van der Waals surface area contributed by atoms with Crippen molar-refractivity contribution in [2.45, 2.75) is 32.8 Å². The molecule has 0 unspecified atom stereocenters. The van der Waals surface area contributed by atoms with Gasteiger partial charge in [0.2, 0.25) is 0 Å². The smallest absolute Gasteiger partial charge is 0.266 e. The Bertz CT molecular complexity index is 1170. The van der Waals surface area contributed by atoms with Crippen molar-refractivity contribution < 1.29 is 23.8 Å². The summed E-state index contributed by atoms with van der Waals surface area (Å²) in [6.07, 6.45) is 3.78. The number of hydrogen-bond acceptors (Lipinski definition) is 7. The van der Waals surface area contributed by atoms with Crippen LogP contribution in [-0.4, -0.2) is 54.0 Å². The molecule has 2 aromatic rings. The Kier molecular flexibility index (Phi) is 8.10. The van der Waals surface area contributed by atoms with Crippen molar-refractivity contribution in [3.63, 3.8) is 0 Å². The maximum absolute atomic E-state index is 12.9. The van der Waals surface area contributed by atoms with Gasteiger partial charge in [-0.2, -0.15) is 0 Å². The maximum atomic E-state index is 12.9. The number of thiocarbonyl (C=S) groups is 1. The zero-order valence-corrected chi connectivity index (χ0v) is 21.6. The van der Waals surface area contributed by atoms with Crippen molar-refractivity contribution in [1.82, 2.24) is 4.90 Å². The molecular formula is C26H28N2O5S2. The van der Waals surface area contributed by atoms with Gasteiger partial charge in [0.15, 0.2) is 18.1 Å². The van der Waals surface area contributed by atoms with E-state index in [-0.39, 0.29) is 24.5 Å². The van der Waals surface area contributed by atoms with E-state index in [2.05, 4.69) is 5.32 Å². The van der Waals surface area contributed by atoms with Crippen molar-refractivity contribution in [2.24, 2.45) is 0 Å². The lowest BCUT2D eigenvalue weighted by atomic mass is 10.1. The largest absolute Gasteiger partial charge is 0.493 e. The van der Waals surface area contributed by atoms with Crippen LogP contribution < -0.4 is 14.8 Å². The summed E-state index contributed by atoms with van der Waals surface area (Å²) in [5, 5.41) is 2.88. The molecule has 0 spiro atoms. The Morgan fingerprint density at radius 3 is 2.86 bits per heavy atom. The molecule has 7 nitrogen and oxygen atoms in total. The second kappa shape index (κ2) is 11.2. The van der Waals surface area contributed by atoms with Gasteiger partial charge in [-0.3, -0.25) is 14.5 Å². The molecule has 2 aliphatic heterocycles. The summed E-state index contributed by atoms with van der Waals surface area (Å²) in [6, 6.07) is 11.1. The second-order valence-electron chi connectivity index (χ2n) is 8.42. The molecule has 4 rings (SSSR count). The zero-order valence-electron chi connectivity index (χ0n) is 20.0. The van der Waals surface area contributed by atoms with Crippen LogP contribution in [0.2, 0.25) is 0 Å². The SMILES string of the molecule is COc1cc(/C=C2\SC(=S)N(C[C@@H]3CCCO3)C2=O)ccc1OCC(=O)Nc1cccc(C)c1C. The number of hydrogen-bond donors (Lipinski definition) is 1. The van der Waals surface area contributed by atoms with E-state index < -0.39 is 0 Å². The number of aryl methyl sites for hydroxylation is 1. The molecule has 35 heavy (non-hydrogen) atoms. The van der Waals surface area contributed by atoms with Crippen LogP contribution in [0, 0.1) is 13.8 Å². The minimum Gasteiger partial charge on any atom is -0.493 e. The van der Waals surface area contributed by atoms with Gasteiger partial charge in [-0.1, -0.05) is 42.2 Å². The molecule has 2 aliphatic rings. The van der Waals surface area contributed by atoms with Gasteiger partial charge in [0.1, 0.15) is 4.32 Å². The van der Waals surface area contributed by atoms with E-state index >= 15 is 0 Å². The monoisotopic (exact) mass is 512 g/mol. The Morgan fingerprint density at radius 1 is 1.29 bits per heavy atom. The molecule has 2 heterocycles. The van der Waals surface area contributed by atoms with Gasteiger partial charge in [-0.15, -0.1) is 0 Å². The molecule has 9 heteroatoms. The first-order valence-corrected chi connectivity index (χ1v) is 12.6. The summed E-state index contributed by atoms with van der Waals surface area (Å²) < 4.78 is 17.4. The molecular weight excluding hydrogens is 484 g/mol. The predicted molar refractivity (Wildman–Crippen MR) is 142 cm³/mol. The molecule has 2 fully saturated rings. The highest BCUT2D eigenvalue weighted by atomic mass is 32.2. The van der Waals surface area contributed by atoms with Gasteiger partial charge < -0.3 is 19.5 Å². The number of anilines is 1. The standard InChI is InChI=1S/C26H28N2O5S2/c1-16-6-4-8-20(17(16)2)27-24(29)15-33-21-10-9-18(12-22(21)31-3)13-23-25(30)28(26(34)35-23)14-19-7-5-11-32-19/h4,6,8-10,12-13,19H,5,7,11,14-15H2,1-3H3,(H,27,29)/b23-13-/t19-/m0/s1. The maximum Gasteiger partial charge on any atom is 0.266 e. The number of nitrogens with one attached hydrogen (secondary N) is 1. The van der Waals surface area contributed by atoms with Gasteiger partial charge >= 0.3 is 0 Å². The van der Waals surface area contributed by atoms with E-state index in [1.165, 1.54) is 18.9 Å². The van der Waals surface area contributed by atoms with Crippen molar-refractivity contribution in [2.75, 3.05) is 32.2 Å². The highest BCUT2D eigenvalue weighted by molar-refractivity contribution is 8.26. The van der Waals surface area contributed by atoms with Gasteiger partial charge in [0, 0.05) is 12.3 Å². The van der Waals surface area contributed by atoms with Crippen LogP contribution in [0.5, 0.6) is 11.5 Å². The van der Waals surface area contributed by atoms with Gasteiger partial charge in [0.05, 0.1) is 24.7 Å². The van der Waals surface area contributed by atoms with Crippen LogP contribution in [0.1, 0.15) is 29.5 Å². The minimum absolute atomic E-state index is 0.0420. The molecule has 1 atom stereocenters. The predicted octanol–water partition coefficient (Wildman–Crippen LogP) is 4.71. The lowest BCUT2D eigenvalue weighted by Crippen LogP contribution is -2.35. The average Bonchev–Trinajstić information content (AvgIpc) is 3.45. The van der Waals surface area contributed by atoms with Crippen molar-refractivity contribution >= 4 is 51.9 Å². The summed E-state index contributed by atoms with van der Waals surface area (Å²) in [5.41, 5.74) is 3.65. The van der Waals surface area contributed by atoms with Gasteiger partial charge in [-0.25, -0.2) is 0 Å². The van der Waals surface area contributed by atoms with E-state index in [1.807, 2.05) is 38.1 Å². The molecule has 184 valence electrons. The van der Waals surface area contributed by atoms with Gasteiger partial charge in [-0.05, 0) is 67.7 Å². The zero-order chi connectivity index (χ0) is 24.9. The van der Waals surface area contributed by atoms with Crippen LogP contribution in [0.25, 0.3) is 6.08 Å². The van der Waals surface area contributed by atoms with Crippen molar-refractivity contribution in [3.05, 3.63) is 58.0 Å². The third-order valence-corrected chi connectivity index (χ3v) is 7.38. The quantitative estimate of drug-likeness (QED) is 0.405. The molecule has 2 aromatic carbocycles. The summed E-state index contributed by atoms with van der Waals surface area (Å²) in [5.74, 6) is 0.525. The molecule has 0 bridgehead atoms. The Hall–Kier alpha value is -2.88. The average molecular weight is 513 g/mol. The minimum atomic E-state index is -0.264. The van der Waals surface area contributed by atoms with Crippen molar-refractivity contribution in [1.29, 1.82) is 0 Å². The summed E-state index contributed by atoms with van der Waals surface area (Å²) in [7, 11) is 1.53. The Morgan fingerprint density at radius 2 is 2.11 bits per heavy atom. The first-order chi connectivity index (χ1) is 16.9. The van der Waals surface area contributed by atoms with Crippen molar-refractivity contribution in [3.8, 4) is 11.5 Å². The topological polar surface area (TPSA) is 77.1 Å². The normalized spacial score (nSPS) is 18.9. The Balaban J connectivity index is 1.40. The van der Waals surface area contributed by atoms with Crippen LogP contribution >= 0.6 is 24.0 Å². The molecule has 2 saturated heterocycles. The molecule has 2 amide bonds. The fourth-order valence-electron chi connectivity index (χ4n) is 3.91. The number of amides is 2. The van der Waals surface area contributed by atoms with E-state index in [9.17, 15) is 9.59 Å². The lowest BCUT2D eigenvalue weighted by Gasteiger charge is -2.18. The number of thioether (sulfide) groups is 1. The Labute approximate surface area is 214 Å². The third-order valence-electron chi connectivity index (χ3n) is 6.01.